The topological polar surface area (TPSA) is 41.5 Å². The van der Waals surface area contributed by atoms with Gasteiger partial charge >= 0.3 is 0 Å². The van der Waals surface area contributed by atoms with Crippen LogP contribution in [0.1, 0.15) is 20.8 Å². The molecule has 11 heavy (non-hydrogen) atoms. The number of allylic oxidation sites excluding steroid dienone is 1. The van der Waals surface area contributed by atoms with Gasteiger partial charge in [-0.15, -0.1) is 0 Å². The number of nitrogens with zero attached hydrogens (tertiary/aromatic N) is 1. The molecule has 0 amide bonds. The lowest BCUT2D eigenvalue weighted by Gasteiger charge is -2.23. The molecule has 1 aliphatic rings. The third kappa shape index (κ3) is 1.90. The van der Waals surface area contributed by atoms with Gasteiger partial charge in [0.2, 0.25) is 0 Å². The molecular weight excluding hydrogens is 140 g/mol. The highest BCUT2D eigenvalue weighted by Crippen LogP contribution is 2.08. The Bertz CT molecular complexity index is 238. The summed E-state index contributed by atoms with van der Waals surface area (Å²) in [6.07, 6.45) is 3.39. The first-order chi connectivity index (χ1) is 5.01. The molecule has 0 aromatic carbocycles. The van der Waals surface area contributed by atoms with Crippen molar-refractivity contribution < 1.29 is 4.79 Å². The number of ketones is 1. The van der Waals surface area contributed by atoms with Crippen LogP contribution in [-0.4, -0.2) is 17.5 Å². The third-order valence-electron chi connectivity index (χ3n) is 1.47. The predicted molar refractivity (Wildman–Crippen MR) is 44.5 cm³/mol. The molecule has 3 nitrogen and oxygen atoms in total. The molecule has 1 rings (SSSR count). The number of Topliss-reactive ketones (excluding diaryl/α,β-unsaturated/α-hetero) is 1. The standard InChI is InChI=1S/C8H12N2O/c1-6(11)7-4-10-8(2,3)5-9-7/h4-5,10H,1-3H3. The van der Waals surface area contributed by atoms with Gasteiger partial charge < -0.3 is 5.32 Å². The highest BCUT2D eigenvalue weighted by atomic mass is 16.1. The highest BCUT2D eigenvalue weighted by molar-refractivity contribution is 5.95. The van der Waals surface area contributed by atoms with Crippen molar-refractivity contribution in [3.63, 3.8) is 0 Å². The van der Waals surface area contributed by atoms with Gasteiger partial charge in [-0.1, -0.05) is 0 Å². The maximum absolute atomic E-state index is 10.8. The number of hydrogen-bond acceptors (Lipinski definition) is 3. The number of carbonyl (C=O) groups excluding carboxylic acids is 1. The van der Waals surface area contributed by atoms with E-state index in [2.05, 4.69) is 10.3 Å². The summed E-state index contributed by atoms with van der Waals surface area (Å²) in [5, 5.41) is 3.06. The van der Waals surface area contributed by atoms with E-state index in [0.717, 1.165) is 0 Å². The molecule has 1 heterocycles. The molecule has 1 N–H and O–H groups in total. The smallest absolute Gasteiger partial charge is 0.179 e. The van der Waals surface area contributed by atoms with E-state index < -0.39 is 0 Å². The number of aliphatic imine (C=N–C) groups is 1. The first-order valence-electron chi connectivity index (χ1n) is 3.55. The molecule has 0 spiro atoms. The summed E-state index contributed by atoms with van der Waals surface area (Å²) in [5.41, 5.74) is 0.364. The summed E-state index contributed by atoms with van der Waals surface area (Å²) >= 11 is 0. The second-order valence-electron chi connectivity index (χ2n) is 3.21. The minimum atomic E-state index is -0.126. The van der Waals surface area contributed by atoms with Gasteiger partial charge in [-0.05, 0) is 13.8 Å². The maximum atomic E-state index is 10.8. The van der Waals surface area contributed by atoms with Crippen molar-refractivity contribution in [1.82, 2.24) is 5.32 Å². The van der Waals surface area contributed by atoms with E-state index in [1.807, 2.05) is 13.8 Å². The van der Waals surface area contributed by atoms with E-state index in [0.29, 0.717) is 5.70 Å². The molecular formula is C8H12N2O. The minimum Gasteiger partial charge on any atom is -0.379 e. The second-order valence-corrected chi connectivity index (χ2v) is 3.21. The highest BCUT2D eigenvalue weighted by Gasteiger charge is 2.17. The third-order valence-corrected chi connectivity index (χ3v) is 1.47. The zero-order valence-electron chi connectivity index (χ0n) is 7.01. The van der Waals surface area contributed by atoms with Gasteiger partial charge in [-0.2, -0.15) is 0 Å². The second kappa shape index (κ2) is 2.49. The fourth-order valence-electron chi connectivity index (χ4n) is 0.752. The van der Waals surface area contributed by atoms with Crippen LogP contribution in [0.2, 0.25) is 0 Å². The summed E-state index contributed by atoms with van der Waals surface area (Å²) < 4.78 is 0. The Morgan fingerprint density at radius 1 is 1.64 bits per heavy atom. The fraction of sp³-hybridized carbons (Fsp3) is 0.500. The van der Waals surface area contributed by atoms with Crippen LogP contribution in [0.4, 0.5) is 0 Å². The molecule has 0 saturated heterocycles. The van der Waals surface area contributed by atoms with Crippen molar-refractivity contribution in [2.75, 3.05) is 0 Å². The Labute approximate surface area is 66.2 Å². The summed E-state index contributed by atoms with van der Waals surface area (Å²) in [5.74, 6) is -0.00995. The van der Waals surface area contributed by atoms with Crippen LogP contribution in [0.3, 0.4) is 0 Å². The Morgan fingerprint density at radius 3 is 2.64 bits per heavy atom. The molecule has 0 bridgehead atoms. The lowest BCUT2D eigenvalue weighted by atomic mass is 10.1. The van der Waals surface area contributed by atoms with E-state index in [1.165, 1.54) is 6.92 Å². The Balaban J connectivity index is 2.75. The van der Waals surface area contributed by atoms with Gasteiger partial charge in [0.15, 0.2) is 5.78 Å². The van der Waals surface area contributed by atoms with Crippen LogP contribution < -0.4 is 5.32 Å². The van der Waals surface area contributed by atoms with Crippen molar-refractivity contribution in [2.24, 2.45) is 4.99 Å². The van der Waals surface area contributed by atoms with E-state index >= 15 is 0 Å². The van der Waals surface area contributed by atoms with Gasteiger partial charge in [0.25, 0.3) is 0 Å². The van der Waals surface area contributed by atoms with E-state index in [9.17, 15) is 4.79 Å². The minimum absolute atomic E-state index is 0.00995. The maximum Gasteiger partial charge on any atom is 0.179 e. The molecule has 0 radical (unpaired) electrons. The molecule has 0 saturated carbocycles. The van der Waals surface area contributed by atoms with Crippen molar-refractivity contribution in [2.45, 2.75) is 26.3 Å². The lowest BCUT2D eigenvalue weighted by Crippen LogP contribution is -2.39. The van der Waals surface area contributed by atoms with Crippen molar-refractivity contribution >= 4 is 12.0 Å². The van der Waals surface area contributed by atoms with Gasteiger partial charge in [0.1, 0.15) is 5.70 Å². The normalized spacial score (nSPS) is 20.5. The largest absolute Gasteiger partial charge is 0.379 e. The van der Waals surface area contributed by atoms with Crippen LogP contribution >= 0.6 is 0 Å². The molecule has 0 aliphatic carbocycles. The number of nitrogens with one attached hydrogen (secondary N) is 1. The Kier molecular flexibility index (Phi) is 1.81. The van der Waals surface area contributed by atoms with Gasteiger partial charge in [0.05, 0.1) is 5.54 Å². The van der Waals surface area contributed by atoms with Crippen LogP contribution in [0.5, 0.6) is 0 Å². The van der Waals surface area contributed by atoms with Crippen LogP contribution in [0.25, 0.3) is 0 Å². The predicted octanol–water partition coefficient (Wildman–Crippen LogP) is 0.869. The summed E-state index contributed by atoms with van der Waals surface area (Å²) in [4.78, 5) is 14.8. The molecule has 3 heteroatoms. The molecule has 0 aromatic heterocycles. The van der Waals surface area contributed by atoms with Crippen LogP contribution in [0, 0.1) is 0 Å². The fourth-order valence-corrected chi connectivity index (χ4v) is 0.752. The zero-order chi connectivity index (χ0) is 8.48. The van der Waals surface area contributed by atoms with E-state index in [4.69, 9.17) is 0 Å². The molecule has 0 atom stereocenters. The summed E-state index contributed by atoms with van der Waals surface area (Å²) in [6.45, 7) is 5.48. The summed E-state index contributed by atoms with van der Waals surface area (Å²) in [6, 6.07) is 0. The van der Waals surface area contributed by atoms with Crippen molar-refractivity contribution in [3.8, 4) is 0 Å². The van der Waals surface area contributed by atoms with Gasteiger partial charge in [-0.3, -0.25) is 9.79 Å². The average Bonchev–Trinajstić information content (AvgIpc) is 1.86. The number of rotatable bonds is 1. The number of hydrogen-bond donors (Lipinski definition) is 1. The Hall–Kier alpha value is -1.12. The average molecular weight is 152 g/mol. The first-order valence-corrected chi connectivity index (χ1v) is 3.55. The van der Waals surface area contributed by atoms with Crippen LogP contribution in [-0.2, 0) is 4.79 Å². The van der Waals surface area contributed by atoms with Gasteiger partial charge in [-0.25, -0.2) is 0 Å². The summed E-state index contributed by atoms with van der Waals surface area (Å²) in [7, 11) is 0. The van der Waals surface area contributed by atoms with Crippen LogP contribution in [0.15, 0.2) is 16.9 Å². The lowest BCUT2D eigenvalue weighted by molar-refractivity contribution is -0.113. The SMILES string of the molecule is CC(=O)C1=CNC(C)(C)C=N1. The van der Waals surface area contributed by atoms with Crippen molar-refractivity contribution in [3.05, 3.63) is 11.9 Å². The molecule has 0 unspecified atom stereocenters. The Morgan fingerprint density at radius 2 is 2.27 bits per heavy atom. The first kappa shape index (κ1) is 7.98. The van der Waals surface area contributed by atoms with Crippen molar-refractivity contribution in [1.29, 1.82) is 0 Å². The molecule has 0 aromatic rings. The molecule has 60 valence electrons. The van der Waals surface area contributed by atoms with E-state index in [1.54, 1.807) is 12.4 Å². The molecule has 0 fully saturated rings. The molecule has 1 aliphatic heterocycles. The quantitative estimate of drug-likeness (QED) is 0.605. The van der Waals surface area contributed by atoms with Gasteiger partial charge in [0, 0.05) is 19.3 Å². The number of carbonyl (C=O) groups is 1. The van der Waals surface area contributed by atoms with E-state index in [-0.39, 0.29) is 11.3 Å². The monoisotopic (exact) mass is 152 g/mol. The zero-order valence-corrected chi connectivity index (χ0v) is 7.01.